The summed E-state index contributed by atoms with van der Waals surface area (Å²) in [5.74, 6) is 0.605. The molecule has 168 valence electrons. The molecular weight excluding hydrogens is 423 g/mol. The van der Waals surface area contributed by atoms with E-state index in [1.807, 2.05) is 56.4 Å². The summed E-state index contributed by atoms with van der Waals surface area (Å²) in [6.07, 6.45) is 4.07. The molecular formula is C29H25FN4. The Labute approximate surface area is 198 Å². The van der Waals surface area contributed by atoms with Crippen LogP contribution in [0.15, 0.2) is 85.3 Å². The van der Waals surface area contributed by atoms with E-state index in [4.69, 9.17) is 0 Å². The molecule has 5 aromatic rings. The van der Waals surface area contributed by atoms with Crippen LogP contribution >= 0.6 is 0 Å². The van der Waals surface area contributed by atoms with Crippen molar-refractivity contribution in [3.05, 3.63) is 108 Å². The molecule has 0 radical (unpaired) electrons. The monoisotopic (exact) mass is 448 g/mol. The molecule has 1 N–H and O–H groups in total. The fourth-order valence-electron chi connectivity index (χ4n) is 4.12. The minimum absolute atomic E-state index is 0.171. The average Bonchev–Trinajstić information content (AvgIpc) is 2.87. The summed E-state index contributed by atoms with van der Waals surface area (Å²) in [5, 5.41) is 4.37. The van der Waals surface area contributed by atoms with Crippen LogP contribution in [0.4, 0.5) is 10.2 Å². The van der Waals surface area contributed by atoms with E-state index in [-0.39, 0.29) is 5.82 Å². The number of benzene rings is 3. The second-order valence-corrected chi connectivity index (χ2v) is 8.35. The molecule has 0 aliphatic carbocycles. The number of fused-ring (bicyclic) bond motifs is 1. The van der Waals surface area contributed by atoms with Gasteiger partial charge in [-0.15, -0.1) is 0 Å². The minimum atomic E-state index is -0.171. The summed E-state index contributed by atoms with van der Waals surface area (Å²) in [4.78, 5) is 13.2. The Hall–Kier alpha value is -4.12. The summed E-state index contributed by atoms with van der Waals surface area (Å²) in [5.41, 5.74) is 7.80. The van der Waals surface area contributed by atoms with Crippen LogP contribution in [-0.4, -0.2) is 15.0 Å². The third kappa shape index (κ3) is 4.50. The highest BCUT2D eigenvalue weighted by Crippen LogP contribution is 2.28. The van der Waals surface area contributed by atoms with Crippen LogP contribution in [0.1, 0.15) is 23.7 Å². The lowest BCUT2D eigenvalue weighted by Gasteiger charge is -2.11. The maximum absolute atomic E-state index is 14.3. The van der Waals surface area contributed by atoms with E-state index in [0.717, 1.165) is 55.8 Å². The van der Waals surface area contributed by atoms with E-state index in [9.17, 15) is 4.39 Å². The van der Waals surface area contributed by atoms with E-state index in [2.05, 4.69) is 50.6 Å². The highest BCUT2D eigenvalue weighted by molar-refractivity contribution is 5.92. The molecule has 0 spiro atoms. The Morgan fingerprint density at radius 2 is 1.50 bits per heavy atom. The van der Waals surface area contributed by atoms with Crippen molar-refractivity contribution in [1.82, 2.24) is 15.0 Å². The summed E-state index contributed by atoms with van der Waals surface area (Å²) in [6.45, 7) is 4.60. The Kier molecular flexibility index (Phi) is 6.00. The maximum atomic E-state index is 14.3. The van der Waals surface area contributed by atoms with E-state index in [1.165, 1.54) is 0 Å². The molecule has 34 heavy (non-hydrogen) atoms. The zero-order valence-corrected chi connectivity index (χ0v) is 19.2. The zero-order valence-electron chi connectivity index (χ0n) is 19.2. The number of pyridine rings is 1. The number of aryl methyl sites for hydroxylation is 2. The molecule has 0 unspecified atom stereocenters. The number of halogens is 1. The molecule has 0 atom stereocenters. The quantitative estimate of drug-likeness (QED) is 0.304. The first-order valence-corrected chi connectivity index (χ1v) is 11.4. The molecule has 0 amide bonds. The number of hydrogen-bond donors (Lipinski definition) is 1. The summed E-state index contributed by atoms with van der Waals surface area (Å²) >= 11 is 0. The second-order valence-electron chi connectivity index (χ2n) is 8.35. The van der Waals surface area contributed by atoms with E-state index >= 15 is 0 Å². The van der Waals surface area contributed by atoms with Gasteiger partial charge in [-0.3, -0.25) is 4.98 Å². The number of rotatable bonds is 6. The Balaban J connectivity index is 1.35. The summed E-state index contributed by atoms with van der Waals surface area (Å²) in [6, 6.07) is 24.0. The lowest BCUT2D eigenvalue weighted by atomic mass is 10.0. The molecule has 0 aliphatic heterocycles. The first-order chi connectivity index (χ1) is 16.6. The van der Waals surface area contributed by atoms with Crippen LogP contribution in [0.2, 0.25) is 0 Å². The van der Waals surface area contributed by atoms with Crippen LogP contribution < -0.4 is 5.32 Å². The van der Waals surface area contributed by atoms with Gasteiger partial charge in [0.15, 0.2) is 0 Å². The van der Waals surface area contributed by atoms with Crippen molar-refractivity contribution in [3.63, 3.8) is 0 Å². The topological polar surface area (TPSA) is 50.7 Å². The first kappa shape index (κ1) is 21.7. The van der Waals surface area contributed by atoms with Gasteiger partial charge in [-0.25, -0.2) is 14.4 Å². The second kappa shape index (κ2) is 9.40. The molecule has 4 nitrogen and oxygen atoms in total. The molecule has 5 rings (SSSR count). The predicted molar refractivity (Wildman–Crippen MR) is 136 cm³/mol. The molecule has 5 heteroatoms. The van der Waals surface area contributed by atoms with Crippen molar-refractivity contribution in [1.29, 1.82) is 0 Å². The fourth-order valence-corrected chi connectivity index (χ4v) is 4.12. The molecule has 0 saturated carbocycles. The Bertz CT molecular complexity index is 1460. The SMILES string of the molecule is CCc1ccc(-c2ccc3c(NCc4ccc(-c5ccnc(C)c5)cc4)ncnc3c2)cc1F. The van der Waals surface area contributed by atoms with Crippen molar-refractivity contribution < 1.29 is 4.39 Å². The molecule has 0 fully saturated rings. The molecule has 2 heterocycles. The number of hydrogen-bond acceptors (Lipinski definition) is 4. The summed E-state index contributed by atoms with van der Waals surface area (Å²) < 4.78 is 14.3. The standard InChI is InChI=1S/C29H25FN4/c1-3-21-8-9-23(15-27(21)30)24-10-11-26-28(16-24)33-18-34-29(26)32-17-20-4-6-22(7-5-20)25-12-13-31-19(2)14-25/h4-16,18H,3,17H2,1-2H3,(H,32,33,34). The average molecular weight is 449 g/mol. The molecule has 3 aromatic carbocycles. The predicted octanol–water partition coefficient (Wildman–Crippen LogP) is 6.98. The van der Waals surface area contributed by atoms with Crippen LogP contribution in [0.3, 0.4) is 0 Å². The van der Waals surface area contributed by atoms with Crippen molar-refractivity contribution in [3.8, 4) is 22.3 Å². The van der Waals surface area contributed by atoms with Crippen molar-refractivity contribution >= 4 is 16.7 Å². The van der Waals surface area contributed by atoms with Gasteiger partial charge in [0.25, 0.3) is 0 Å². The van der Waals surface area contributed by atoms with E-state index < -0.39 is 0 Å². The van der Waals surface area contributed by atoms with Gasteiger partial charge in [-0.2, -0.15) is 0 Å². The maximum Gasteiger partial charge on any atom is 0.137 e. The molecule has 2 aromatic heterocycles. The smallest absolute Gasteiger partial charge is 0.137 e. The number of aromatic nitrogens is 3. The third-order valence-corrected chi connectivity index (χ3v) is 6.05. The van der Waals surface area contributed by atoms with Gasteiger partial charge in [0.2, 0.25) is 0 Å². The van der Waals surface area contributed by atoms with Crippen LogP contribution in [0.25, 0.3) is 33.2 Å². The minimum Gasteiger partial charge on any atom is -0.365 e. The number of anilines is 1. The van der Waals surface area contributed by atoms with Crippen molar-refractivity contribution in [2.45, 2.75) is 26.8 Å². The molecule has 0 bridgehead atoms. The van der Waals surface area contributed by atoms with Crippen LogP contribution in [0.5, 0.6) is 0 Å². The zero-order chi connectivity index (χ0) is 23.5. The van der Waals surface area contributed by atoms with Gasteiger partial charge in [-0.05, 0) is 77.1 Å². The first-order valence-electron chi connectivity index (χ1n) is 11.4. The molecule has 0 saturated heterocycles. The van der Waals surface area contributed by atoms with Crippen molar-refractivity contribution in [2.75, 3.05) is 5.32 Å². The van der Waals surface area contributed by atoms with Crippen LogP contribution in [-0.2, 0) is 13.0 Å². The largest absolute Gasteiger partial charge is 0.365 e. The third-order valence-electron chi connectivity index (χ3n) is 6.05. The fraction of sp³-hybridized carbons (Fsp3) is 0.138. The van der Waals surface area contributed by atoms with E-state index in [0.29, 0.717) is 13.0 Å². The molecule has 0 aliphatic rings. The Morgan fingerprint density at radius 1 is 0.765 bits per heavy atom. The number of nitrogens with one attached hydrogen (secondary N) is 1. The van der Waals surface area contributed by atoms with Gasteiger partial charge < -0.3 is 5.32 Å². The van der Waals surface area contributed by atoms with Gasteiger partial charge in [0.1, 0.15) is 18.0 Å². The van der Waals surface area contributed by atoms with Gasteiger partial charge in [0, 0.05) is 23.8 Å². The van der Waals surface area contributed by atoms with Gasteiger partial charge >= 0.3 is 0 Å². The number of nitrogens with zero attached hydrogens (tertiary/aromatic N) is 3. The van der Waals surface area contributed by atoms with Crippen LogP contribution in [0, 0.1) is 12.7 Å². The van der Waals surface area contributed by atoms with Gasteiger partial charge in [0.05, 0.1) is 5.52 Å². The summed E-state index contributed by atoms with van der Waals surface area (Å²) in [7, 11) is 0. The van der Waals surface area contributed by atoms with Gasteiger partial charge in [-0.1, -0.05) is 49.4 Å². The normalized spacial score (nSPS) is 11.0. The van der Waals surface area contributed by atoms with Crippen molar-refractivity contribution in [2.24, 2.45) is 0 Å². The Morgan fingerprint density at radius 3 is 2.26 bits per heavy atom. The lowest BCUT2D eigenvalue weighted by Crippen LogP contribution is -2.02. The lowest BCUT2D eigenvalue weighted by molar-refractivity contribution is 0.613. The highest BCUT2D eigenvalue weighted by atomic mass is 19.1. The van der Waals surface area contributed by atoms with E-state index in [1.54, 1.807) is 12.4 Å². The highest BCUT2D eigenvalue weighted by Gasteiger charge is 2.08.